The van der Waals surface area contributed by atoms with Crippen molar-refractivity contribution < 1.29 is 13.9 Å². The zero-order chi connectivity index (χ0) is 21.4. The Kier molecular flexibility index (Phi) is 4.91. The number of anilines is 1. The molecule has 1 unspecified atom stereocenters. The molecule has 0 fully saturated rings. The van der Waals surface area contributed by atoms with E-state index in [0.29, 0.717) is 13.0 Å². The van der Waals surface area contributed by atoms with Crippen molar-refractivity contribution >= 4 is 22.4 Å². The molecule has 31 heavy (non-hydrogen) atoms. The molecule has 0 aromatic heterocycles. The van der Waals surface area contributed by atoms with Gasteiger partial charge in [-0.2, -0.15) is 0 Å². The maximum Gasteiger partial charge on any atom is 0.228 e. The summed E-state index contributed by atoms with van der Waals surface area (Å²) in [6.07, 6.45) is 0.370. The molecule has 1 aliphatic heterocycles. The second kappa shape index (κ2) is 7.88. The van der Waals surface area contributed by atoms with Crippen LogP contribution < -0.4 is 9.64 Å². The lowest BCUT2D eigenvalue weighted by atomic mass is 9.81. The molecule has 0 radical (unpaired) electrons. The van der Waals surface area contributed by atoms with Crippen LogP contribution >= 0.6 is 0 Å². The van der Waals surface area contributed by atoms with E-state index in [-0.39, 0.29) is 17.6 Å². The highest BCUT2D eigenvalue weighted by Crippen LogP contribution is 2.45. The number of rotatable bonds is 4. The Morgan fingerprint density at radius 3 is 2.58 bits per heavy atom. The van der Waals surface area contributed by atoms with E-state index in [2.05, 4.69) is 24.3 Å². The predicted octanol–water partition coefficient (Wildman–Crippen LogP) is 6.06. The van der Waals surface area contributed by atoms with Gasteiger partial charge in [-0.3, -0.25) is 4.79 Å². The van der Waals surface area contributed by atoms with Gasteiger partial charge in [-0.05, 0) is 57.8 Å². The molecule has 0 aliphatic carbocycles. The van der Waals surface area contributed by atoms with Gasteiger partial charge in [0, 0.05) is 18.0 Å². The first-order valence-electron chi connectivity index (χ1n) is 10.3. The van der Waals surface area contributed by atoms with E-state index in [9.17, 15) is 9.18 Å². The van der Waals surface area contributed by atoms with Crippen LogP contribution in [0, 0.1) is 5.82 Å². The number of hydrogen-bond donors (Lipinski definition) is 0. The van der Waals surface area contributed by atoms with Crippen molar-refractivity contribution in [3.8, 4) is 5.75 Å². The molecule has 0 saturated carbocycles. The Morgan fingerprint density at radius 1 is 0.968 bits per heavy atom. The van der Waals surface area contributed by atoms with Gasteiger partial charge in [0.25, 0.3) is 0 Å². The van der Waals surface area contributed by atoms with Gasteiger partial charge in [0.15, 0.2) is 0 Å². The molecule has 0 bridgehead atoms. The van der Waals surface area contributed by atoms with Crippen LogP contribution in [0.15, 0.2) is 84.9 Å². The fourth-order valence-electron chi connectivity index (χ4n) is 4.50. The van der Waals surface area contributed by atoms with E-state index in [0.717, 1.165) is 38.9 Å². The molecule has 0 spiro atoms. The van der Waals surface area contributed by atoms with Crippen LogP contribution in [0.25, 0.3) is 10.8 Å². The number of hydrogen-bond acceptors (Lipinski definition) is 2. The van der Waals surface area contributed by atoms with Crippen LogP contribution in [-0.4, -0.2) is 13.0 Å². The van der Waals surface area contributed by atoms with Gasteiger partial charge in [0.2, 0.25) is 5.91 Å². The number of carbonyl (C=O) groups is 1. The van der Waals surface area contributed by atoms with E-state index >= 15 is 0 Å². The van der Waals surface area contributed by atoms with Crippen molar-refractivity contribution in [1.29, 1.82) is 0 Å². The third-order valence-corrected chi connectivity index (χ3v) is 6.02. The van der Waals surface area contributed by atoms with Crippen LogP contribution in [0.2, 0.25) is 0 Å². The highest BCUT2D eigenvalue weighted by Gasteiger charge is 2.33. The number of carbonyl (C=O) groups excluding carboxylic acids is 1. The first-order valence-corrected chi connectivity index (χ1v) is 10.3. The minimum absolute atomic E-state index is 0.0555. The maximum absolute atomic E-state index is 13.4. The zero-order valence-corrected chi connectivity index (χ0v) is 17.2. The minimum atomic E-state index is -0.279. The fraction of sp³-hybridized carbons (Fsp3) is 0.148. The smallest absolute Gasteiger partial charge is 0.228 e. The van der Waals surface area contributed by atoms with Crippen LogP contribution in [0.1, 0.15) is 29.0 Å². The maximum atomic E-state index is 13.4. The van der Waals surface area contributed by atoms with E-state index in [1.54, 1.807) is 19.2 Å². The molecule has 4 aromatic carbocycles. The second-order valence-corrected chi connectivity index (χ2v) is 7.86. The van der Waals surface area contributed by atoms with Crippen molar-refractivity contribution in [2.75, 3.05) is 12.0 Å². The van der Waals surface area contributed by atoms with Crippen LogP contribution in [0.3, 0.4) is 0 Å². The van der Waals surface area contributed by atoms with Crippen LogP contribution in [0.5, 0.6) is 5.75 Å². The molecule has 0 N–H and O–H groups in total. The van der Waals surface area contributed by atoms with Crippen molar-refractivity contribution in [2.24, 2.45) is 0 Å². The molecule has 0 saturated heterocycles. The average molecular weight is 411 g/mol. The van der Waals surface area contributed by atoms with Gasteiger partial charge in [-0.1, -0.05) is 54.6 Å². The Balaban J connectivity index is 1.67. The number of amides is 1. The molecule has 1 amide bonds. The number of halogens is 1. The van der Waals surface area contributed by atoms with Crippen molar-refractivity contribution in [3.63, 3.8) is 0 Å². The van der Waals surface area contributed by atoms with Crippen molar-refractivity contribution in [3.05, 3.63) is 107 Å². The molecular formula is C27H22FNO2. The van der Waals surface area contributed by atoms with Crippen LogP contribution in [-0.2, 0) is 11.3 Å². The van der Waals surface area contributed by atoms with Gasteiger partial charge in [-0.15, -0.1) is 0 Å². The van der Waals surface area contributed by atoms with E-state index in [1.165, 1.54) is 12.1 Å². The number of fused-ring (bicyclic) bond motifs is 3. The monoisotopic (exact) mass is 411 g/mol. The lowest BCUT2D eigenvalue weighted by Crippen LogP contribution is -2.36. The first-order chi connectivity index (χ1) is 15.1. The molecule has 154 valence electrons. The van der Waals surface area contributed by atoms with Gasteiger partial charge in [0.1, 0.15) is 11.6 Å². The van der Waals surface area contributed by atoms with Crippen molar-refractivity contribution in [1.82, 2.24) is 0 Å². The molecule has 5 rings (SSSR count). The van der Waals surface area contributed by atoms with Gasteiger partial charge in [0.05, 0.1) is 13.7 Å². The number of benzene rings is 4. The van der Waals surface area contributed by atoms with Gasteiger partial charge >= 0.3 is 0 Å². The number of nitrogens with zero attached hydrogens (tertiary/aromatic N) is 1. The molecule has 1 aliphatic rings. The predicted molar refractivity (Wildman–Crippen MR) is 121 cm³/mol. The summed E-state index contributed by atoms with van der Waals surface area (Å²) in [4.78, 5) is 15.1. The molecule has 3 nitrogen and oxygen atoms in total. The van der Waals surface area contributed by atoms with Crippen LogP contribution in [0.4, 0.5) is 10.1 Å². The van der Waals surface area contributed by atoms with Crippen molar-refractivity contribution in [2.45, 2.75) is 18.9 Å². The Bertz CT molecular complexity index is 1270. The Morgan fingerprint density at radius 2 is 1.77 bits per heavy atom. The highest BCUT2D eigenvalue weighted by atomic mass is 19.1. The normalized spacial score (nSPS) is 15.7. The third kappa shape index (κ3) is 3.55. The van der Waals surface area contributed by atoms with E-state index in [4.69, 9.17) is 4.74 Å². The first kappa shape index (κ1) is 19.3. The largest absolute Gasteiger partial charge is 0.497 e. The SMILES string of the molecule is COc1cccc(C2CC(=O)N(Cc3ccc(F)cc3)c3ccc4ccccc4c32)c1. The Labute approximate surface area is 180 Å². The topological polar surface area (TPSA) is 29.5 Å². The summed E-state index contributed by atoms with van der Waals surface area (Å²) in [5.74, 6) is 0.492. The summed E-state index contributed by atoms with van der Waals surface area (Å²) in [6.45, 7) is 0.412. The average Bonchev–Trinajstić information content (AvgIpc) is 2.81. The summed E-state index contributed by atoms with van der Waals surface area (Å²) in [5, 5.41) is 2.29. The van der Waals surface area contributed by atoms with Gasteiger partial charge < -0.3 is 9.64 Å². The standard InChI is InChI=1S/C27H22FNO2/c1-31-22-7-4-6-20(15-22)24-16-26(30)29(17-18-9-12-21(28)13-10-18)25-14-11-19-5-2-3-8-23(19)27(24)25/h2-15,24H,16-17H2,1H3. The van der Waals surface area contributed by atoms with Gasteiger partial charge in [-0.25, -0.2) is 4.39 Å². The molecule has 1 atom stereocenters. The summed E-state index contributed by atoms with van der Waals surface area (Å²) < 4.78 is 18.8. The molecule has 4 heteroatoms. The minimum Gasteiger partial charge on any atom is -0.497 e. The third-order valence-electron chi connectivity index (χ3n) is 6.02. The summed E-state index contributed by atoms with van der Waals surface area (Å²) in [5.41, 5.74) is 4.01. The number of methoxy groups -OCH3 is 1. The highest BCUT2D eigenvalue weighted by molar-refractivity contribution is 6.03. The summed E-state index contributed by atoms with van der Waals surface area (Å²) >= 11 is 0. The summed E-state index contributed by atoms with van der Waals surface area (Å²) in [6, 6.07) is 26.7. The Hall–Kier alpha value is -3.66. The molecule has 4 aromatic rings. The fourth-order valence-corrected chi connectivity index (χ4v) is 4.50. The zero-order valence-electron chi connectivity index (χ0n) is 17.2. The lowest BCUT2D eigenvalue weighted by Gasteiger charge is -2.35. The number of ether oxygens (including phenoxy) is 1. The molecular weight excluding hydrogens is 389 g/mol. The summed E-state index contributed by atoms with van der Waals surface area (Å²) in [7, 11) is 1.65. The van der Waals surface area contributed by atoms with E-state index in [1.807, 2.05) is 41.3 Å². The molecule has 1 heterocycles. The van der Waals surface area contributed by atoms with E-state index < -0.39 is 0 Å². The quantitative estimate of drug-likeness (QED) is 0.409. The second-order valence-electron chi connectivity index (χ2n) is 7.86. The lowest BCUT2D eigenvalue weighted by molar-refractivity contribution is -0.119.